The topological polar surface area (TPSA) is 68.5 Å². The number of nitrogens with zero attached hydrogens (tertiary/aromatic N) is 2. The van der Waals surface area contributed by atoms with E-state index >= 15 is 0 Å². The highest BCUT2D eigenvalue weighted by molar-refractivity contribution is 6.07. The van der Waals surface area contributed by atoms with Crippen LogP contribution in [0.15, 0.2) is 54.6 Å². The molecule has 0 aliphatic carbocycles. The number of para-hydroxylation sites is 1. The molecule has 5 heteroatoms. The monoisotopic (exact) mass is 377 g/mol. The van der Waals surface area contributed by atoms with Gasteiger partial charge in [-0.1, -0.05) is 32.0 Å². The Morgan fingerprint density at radius 3 is 2.46 bits per heavy atom. The predicted molar refractivity (Wildman–Crippen MR) is 114 cm³/mol. The number of pyridine rings is 1. The van der Waals surface area contributed by atoms with E-state index in [1.807, 2.05) is 61.6 Å². The summed E-state index contributed by atoms with van der Waals surface area (Å²) in [6.45, 7) is 5.21. The molecule has 0 atom stereocenters. The van der Waals surface area contributed by atoms with Gasteiger partial charge in [-0.3, -0.25) is 4.79 Å². The van der Waals surface area contributed by atoms with Crippen LogP contribution in [0.1, 0.15) is 24.2 Å². The molecule has 5 nitrogen and oxygen atoms in total. The molecule has 2 N–H and O–H groups in total. The van der Waals surface area contributed by atoms with Crippen LogP contribution < -0.4 is 10.5 Å². The maximum atomic E-state index is 13.3. The quantitative estimate of drug-likeness (QED) is 0.706. The molecule has 0 fully saturated rings. The third kappa shape index (κ3) is 4.15. The Morgan fingerprint density at radius 1 is 1.14 bits per heavy atom. The molecule has 3 aromatic rings. The number of aromatic nitrogens is 1. The summed E-state index contributed by atoms with van der Waals surface area (Å²) in [5.74, 6) is 0.750. The van der Waals surface area contributed by atoms with Crippen molar-refractivity contribution in [3.8, 4) is 17.0 Å². The van der Waals surface area contributed by atoms with Crippen molar-refractivity contribution in [3.63, 3.8) is 0 Å². The highest BCUT2D eigenvalue weighted by Gasteiger charge is 2.23. The van der Waals surface area contributed by atoms with E-state index in [9.17, 15) is 4.79 Å². The van der Waals surface area contributed by atoms with Gasteiger partial charge in [-0.15, -0.1) is 0 Å². The third-order valence-electron chi connectivity index (χ3n) is 4.90. The highest BCUT2D eigenvalue weighted by Crippen LogP contribution is 2.27. The van der Waals surface area contributed by atoms with Gasteiger partial charge in [-0.25, -0.2) is 4.98 Å². The van der Waals surface area contributed by atoms with Gasteiger partial charge in [0.05, 0.1) is 23.9 Å². The van der Waals surface area contributed by atoms with E-state index in [4.69, 9.17) is 15.5 Å². The fourth-order valence-corrected chi connectivity index (χ4v) is 3.25. The van der Waals surface area contributed by atoms with E-state index in [-0.39, 0.29) is 11.3 Å². The number of amides is 1. The summed E-state index contributed by atoms with van der Waals surface area (Å²) in [6, 6.07) is 17.3. The SMILES string of the molecule is COc1ccc(-c2cc(C(=O)N(C)CC(C)(C)CN)c3ccccc3n2)cc1. The van der Waals surface area contributed by atoms with Gasteiger partial charge >= 0.3 is 0 Å². The second kappa shape index (κ2) is 7.98. The lowest BCUT2D eigenvalue weighted by molar-refractivity contribution is 0.0742. The molecule has 1 heterocycles. The van der Waals surface area contributed by atoms with E-state index < -0.39 is 0 Å². The lowest BCUT2D eigenvalue weighted by Gasteiger charge is -2.29. The molecule has 0 unspecified atom stereocenters. The molecule has 0 saturated heterocycles. The van der Waals surface area contributed by atoms with Crippen molar-refractivity contribution in [3.05, 3.63) is 60.2 Å². The Kier molecular flexibility index (Phi) is 5.66. The Morgan fingerprint density at radius 2 is 1.82 bits per heavy atom. The van der Waals surface area contributed by atoms with Gasteiger partial charge in [0, 0.05) is 24.5 Å². The predicted octanol–water partition coefficient (Wildman–Crippen LogP) is 3.97. The number of methoxy groups -OCH3 is 1. The molecular formula is C23H27N3O2. The first kappa shape index (κ1) is 19.8. The van der Waals surface area contributed by atoms with Crippen LogP contribution in [0.5, 0.6) is 5.75 Å². The first-order valence-electron chi connectivity index (χ1n) is 9.34. The fourth-order valence-electron chi connectivity index (χ4n) is 3.25. The van der Waals surface area contributed by atoms with Gasteiger partial charge in [-0.2, -0.15) is 0 Å². The summed E-state index contributed by atoms with van der Waals surface area (Å²) >= 11 is 0. The molecule has 0 radical (unpaired) electrons. The van der Waals surface area contributed by atoms with Crippen molar-refractivity contribution in [1.29, 1.82) is 0 Å². The zero-order chi connectivity index (χ0) is 20.3. The van der Waals surface area contributed by atoms with Gasteiger partial charge in [0.2, 0.25) is 0 Å². The fraction of sp³-hybridized carbons (Fsp3) is 0.304. The van der Waals surface area contributed by atoms with Crippen LogP contribution in [0.25, 0.3) is 22.2 Å². The Labute approximate surface area is 166 Å². The largest absolute Gasteiger partial charge is 0.497 e. The first-order valence-corrected chi connectivity index (χ1v) is 9.34. The molecule has 0 aliphatic heterocycles. The number of rotatable bonds is 6. The molecule has 3 rings (SSSR count). The first-order chi connectivity index (χ1) is 13.3. The zero-order valence-electron chi connectivity index (χ0n) is 16.9. The molecule has 0 spiro atoms. The van der Waals surface area contributed by atoms with E-state index in [0.717, 1.165) is 27.9 Å². The minimum atomic E-state index is -0.147. The summed E-state index contributed by atoms with van der Waals surface area (Å²) in [6.07, 6.45) is 0. The molecular weight excluding hydrogens is 350 g/mol. The normalized spacial score (nSPS) is 11.5. The van der Waals surface area contributed by atoms with Crippen molar-refractivity contribution in [2.45, 2.75) is 13.8 Å². The van der Waals surface area contributed by atoms with Crippen molar-refractivity contribution >= 4 is 16.8 Å². The zero-order valence-corrected chi connectivity index (χ0v) is 16.9. The minimum absolute atomic E-state index is 0.0325. The summed E-state index contributed by atoms with van der Waals surface area (Å²) < 4.78 is 5.23. The van der Waals surface area contributed by atoms with Crippen LogP contribution in [0.2, 0.25) is 0 Å². The highest BCUT2D eigenvalue weighted by atomic mass is 16.5. The van der Waals surface area contributed by atoms with Crippen LogP contribution in [-0.2, 0) is 0 Å². The van der Waals surface area contributed by atoms with E-state index in [0.29, 0.717) is 18.7 Å². The number of hydrogen-bond acceptors (Lipinski definition) is 4. The molecule has 2 aromatic carbocycles. The van der Waals surface area contributed by atoms with Crippen LogP contribution in [-0.4, -0.2) is 43.0 Å². The Bertz CT molecular complexity index is 981. The smallest absolute Gasteiger partial charge is 0.254 e. The van der Waals surface area contributed by atoms with Crippen LogP contribution in [0.4, 0.5) is 0 Å². The van der Waals surface area contributed by atoms with Gasteiger partial charge in [0.25, 0.3) is 5.91 Å². The van der Waals surface area contributed by atoms with Crippen molar-refractivity contribution in [2.24, 2.45) is 11.1 Å². The molecule has 1 aromatic heterocycles. The number of carbonyl (C=O) groups is 1. The van der Waals surface area contributed by atoms with Crippen LogP contribution >= 0.6 is 0 Å². The van der Waals surface area contributed by atoms with E-state index in [2.05, 4.69) is 13.8 Å². The number of hydrogen-bond donors (Lipinski definition) is 1. The van der Waals surface area contributed by atoms with E-state index in [1.165, 1.54) is 0 Å². The van der Waals surface area contributed by atoms with Gasteiger partial charge in [0.1, 0.15) is 5.75 Å². The molecule has 146 valence electrons. The number of ether oxygens (including phenoxy) is 1. The van der Waals surface area contributed by atoms with Crippen molar-refractivity contribution < 1.29 is 9.53 Å². The van der Waals surface area contributed by atoms with E-state index in [1.54, 1.807) is 12.0 Å². The molecule has 0 bridgehead atoms. The Balaban J connectivity index is 2.06. The van der Waals surface area contributed by atoms with Crippen molar-refractivity contribution in [2.75, 3.05) is 27.2 Å². The minimum Gasteiger partial charge on any atom is -0.497 e. The number of benzene rings is 2. The summed E-state index contributed by atoms with van der Waals surface area (Å²) in [7, 11) is 3.46. The molecule has 0 aliphatic rings. The lowest BCUT2D eigenvalue weighted by Crippen LogP contribution is -2.39. The maximum absolute atomic E-state index is 13.3. The second-order valence-corrected chi connectivity index (χ2v) is 7.83. The number of fused-ring (bicyclic) bond motifs is 1. The number of carbonyl (C=O) groups excluding carboxylic acids is 1. The molecule has 0 saturated carbocycles. The van der Waals surface area contributed by atoms with Crippen LogP contribution in [0.3, 0.4) is 0 Å². The summed E-state index contributed by atoms with van der Waals surface area (Å²) in [5.41, 5.74) is 8.84. The average Bonchev–Trinajstić information content (AvgIpc) is 2.72. The average molecular weight is 377 g/mol. The van der Waals surface area contributed by atoms with Gasteiger partial charge in [-0.05, 0) is 48.4 Å². The third-order valence-corrected chi connectivity index (χ3v) is 4.90. The van der Waals surface area contributed by atoms with Gasteiger partial charge < -0.3 is 15.4 Å². The van der Waals surface area contributed by atoms with Crippen molar-refractivity contribution in [1.82, 2.24) is 9.88 Å². The standard InChI is InChI=1S/C23H27N3O2/c1-23(2,14-24)15-26(3)22(27)19-13-21(16-9-11-17(28-4)12-10-16)25-20-8-6-5-7-18(19)20/h5-13H,14-15,24H2,1-4H3. The second-order valence-electron chi connectivity index (χ2n) is 7.83. The Hall–Kier alpha value is -2.92. The van der Waals surface area contributed by atoms with Gasteiger partial charge in [0.15, 0.2) is 0 Å². The summed E-state index contributed by atoms with van der Waals surface area (Å²) in [4.78, 5) is 19.8. The lowest BCUT2D eigenvalue weighted by atomic mass is 9.93. The molecule has 1 amide bonds. The van der Waals surface area contributed by atoms with Crippen LogP contribution in [0, 0.1) is 5.41 Å². The number of nitrogens with two attached hydrogens (primary N) is 1. The summed E-state index contributed by atoms with van der Waals surface area (Å²) in [5, 5.41) is 0.849. The maximum Gasteiger partial charge on any atom is 0.254 e. The molecule has 28 heavy (non-hydrogen) atoms.